The zero-order chi connectivity index (χ0) is 15.8. The van der Waals surface area contributed by atoms with Gasteiger partial charge in [-0.3, -0.25) is 4.79 Å². The first kappa shape index (κ1) is 15.5. The predicted molar refractivity (Wildman–Crippen MR) is 71.0 cm³/mol. The quantitative estimate of drug-likeness (QED) is 0.560. The minimum atomic E-state index is -4.72. The van der Waals surface area contributed by atoms with Crippen LogP contribution in [-0.4, -0.2) is 5.78 Å². The molecule has 2 aromatic carbocycles. The van der Waals surface area contributed by atoms with Crippen molar-refractivity contribution in [2.75, 3.05) is 0 Å². The molecule has 0 bridgehead atoms. The van der Waals surface area contributed by atoms with E-state index in [0.717, 1.165) is 6.07 Å². The number of benzene rings is 2. The zero-order valence-electron chi connectivity index (χ0n) is 10.8. The van der Waals surface area contributed by atoms with E-state index in [-0.39, 0.29) is 16.1 Å². The second-order valence-electron chi connectivity index (χ2n) is 4.51. The van der Waals surface area contributed by atoms with Gasteiger partial charge >= 0.3 is 6.18 Å². The topological polar surface area (TPSA) is 17.1 Å². The van der Waals surface area contributed by atoms with Gasteiger partial charge in [0.25, 0.3) is 0 Å². The summed E-state index contributed by atoms with van der Waals surface area (Å²) in [6.07, 6.45) is -4.72. The summed E-state index contributed by atoms with van der Waals surface area (Å²) in [4.78, 5) is 12.3. The predicted octanol–water partition coefficient (Wildman–Crippen LogP) is 5.04. The lowest BCUT2D eigenvalue weighted by Gasteiger charge is -2.10. The van der Waals surface area contributed by atoms with Crippen molar-refractivity contribution in [3.63, 3.8) is 0 Å². The SMILES string of the molecule is Cc1ccc(Cl)cc1C(=O)c1cc(F)cc(C(F)(F)F)c1. The highest BCUT2D eigenvalue weighted by Crippen LogP contribution is 2.31. The lowest BCUT2D eigenvalue weighted by atomic mass is 9.97. The molecule has 0 spiro atoms. The number of aryl methyl sites for hydroxylation is 1. The van der Waals surface area contributed by atoms with Crippen molar-refractivity contribution in [2.45, 2.75) is 13.1 Å². The molecular formula is C15H9ClF4O. The van der Waals surface area contributed by atoms with Crippen molar-refractivity contribution >= 4 is 17.4 Å². The van der Waals surface area contributed by atoms with Crippen LogP contribution in [0.15, 0.2) is 36.4 Å². The van der Waals surface area contributed by atoms with Gasteiger partial charge in [0.1, 0.15) is 5.82 Å². The Labute approximate surface area is 123 Å². The van der Waals surface area contributed by atoms with Crippen LogP contribution >= 0.6 is 11.6 Å². The van der Waals surface area contributed by atoms with E-state index in [2.05, 4.69) is 0 Å². The van der Waals surface area contributed by atoms with Crippen molar-refractivity contribution < 1.29 is 22.4 Å². The molecule has 0 unspecified atom stereocenters. The van der Waals surface area contributed by atoms with Gasteiger partial charge in [0.05, 0.1) is 5.56 Å². The Kier molecular flexibility index (Phi) is 4.05. The molecule has 0 saturated carbocycles. The summed E-state index contributed by atoms with van der Waals surface area (Å²) in [5.74, 6) is -1.83. The van der Waals surface area contributed by atoms with Gasteiger partial charge in [-0.2, -0.15) is 13.2 Å². The first-order chi connectivity index (χ1) is 9.68. The molecule has 0 fully saturated rings. The fourth-order valence-corrected chi connectivity index (χ4v) is 2.05. The molecule has 21 heavy (non-hydrogen) atoms. The van der Waals surface area contributed by atoms with Crippen LogP contribution in [-0.2, 0) is 6.18 Å². The van der Waals surface area contributed by atoms with Crippen molar-refractivity contribution in [2.24, 2.45) is 0 Å². The maximum Gasteiger partial charge on any atom is 0.416 e. The molecule has 0 saturated heterocycles. The fraction of sp³-hybridized carbons (Fsp3) is 0.133. The van der Waals surface area contributed by atoms with E-state index in [9.17, 15) is 22.4 Å². The molecule has 1 nitrogen and oxygen atoms in total. The Hall–Kier alpha value is -1.88. The minimum absolute atomic E-state index is 0.140. The average molecular weight is 317 g/mol. The number of rotatable bonds is 2. The second-order valence-corrected chi connectivity index (χ2v) is 4.95. The Morgan fingerprint density at radius 3 is 2.38 bits per heavy atom. The molecule has 110 valence electrons. The standard InChI is InChI=1S/C15H9ClF4O/c1-8-2-3-11(16)7-13(8)14(21)9-4-10(15(18,19)20)6-12(17)5-9/h2-7H,1H3. The zero-order valence-corrected chi connectivity index (χ0v) is 11.5. The largest absolute Gasteiger partial charge is 0.416 e. The molecule has 0 N–H and O–H groups in total. The summed E-state index contributed by atoms with van der Waals surface area (Å²) in [5, 5.41) is 0.274. The van der Waals surface area contributed by atoms with Crippen LogP contribution in [0.25, 0.3) is 0 Å². The van der Waals surface area contributed by atoms with E-state index >= 15 is 0 Å². The number of ketones is 1. The summed E-state index contributed by atoms with van der Waals surface area (Å²) in [7, 11) is 0. The average Bonchev–Trinajstić information content (AvgIpc) is 2.39. The Balaban J connectivity index is 2.54. The highest BCUT2D eigenvalue weighted by Gasteiger charge is 2.32. The van der Waals surface area contributed by atoms with Crippen LogP contribution in [0.3, 0.4) is 0 Å². The van der Waals surface area contributed by atoms with E-state index in [0.29, 0.717) is 17.7 Å². The third-order valence-electron chi connectivity index (χ3n) is 2.93. The number of alkyl halides is 3. The Morgan fingerprint density at radius 2 is 1.76 bits per heavy atom. The van der Waals surface area contributed by atoms with Gasteiger partial charge in [-0.15, -0.1) is 0 Å². The molecule has 0 aliphatic heterocycles. The molecule has 0 atom stereocenters. The van der Waals surface area contributed by atoms with Gasteiger partial charge in [-0.1, -0.05) is 17.7 Å². The first-order valence-electron chi connectivity index (χ1n) is 5.87. The summed E-state index contributed by atoms with van der Waals surface area (Å²) >= 11 is 5.78. The molecule has 0 radical (unpaired) electrons. The summed E-state index contributed by atoms with van der Waals surface area (Å²) in [6.45, 7) is 1.62. The van der Waals surface area contributed by atoms with Gasteiger partial charge in [-0.05, 0) is 42.8 Å². The van der Waals surface area contributed by atoms with E-state index in [4.69, 9.17) is 11.6 Å². The van der Waals surface area contributed by atoms with E-state index in [1.807, 2.05) is 0 Å². The molecule has 0 aliphatic carbocycles. The highest BCUT2D eigenvalue weighted by atomic mass is 35.5. The summed E-state index contributed by atoms with van der Waals surface area (Å²) < 4.78 is 51.3. The van der Waals surface area contributed by atoms with Crippen molar-refractivity contribution in [1.29, 1.82) is 0 Å². The van der Waals surface area contributed by atoms with Crippen molar-refractivity contribution in [1.82, 2.24) is 0 Å². The Bertz CT molecular complexity index is 707. The lowest BCUT2D eigenvalue weighted by molar-refractivity contribution is -0.137. The van der Waals surface area contributed by atoms with Crippen LogP contribution < -0.4 is 0 Å². The monoisotopic (exact) mass is 316 g/mol. The van der Waals surface area contributed by atoms with Crippen molar-refractivity contribution in [3.05, 3.63) is 69.5 Å². The number of carbonyl (C=O) groups excluding carboxylic acids is 1. The third-order valence-corrected chi connectivity index (χ3v) is 3.17. The van der Waals surface area contributed by atoms with Crippen LogP contribution in [0.4, 0.5) is 17.6 Å². The molecule has 0 aliphatic rings. The van der Waals surface area contributed by atoms with Gasteiger partial charge in [-0.25, -0.2) is 4.39 Å². The molecule has 0 heterocycles. The summed E-state index contributed by atoms with van der Waals surface area (Å²) in [5.41, 5.74) is -0.887. The van der Waals surface area contributed by atoms with Crippen LogP contribution in [0, 0.1) is 12.7 Å². The maximum absolute atomic E-state index is 13.3. The van der Waals surface area contributed by atoms with Gasteiger partial charge in [0.15, 0.2) is 5.78 Å². The Morgan fingerprint density at radius 1 is 1.10 bits per heavy atom. The van der Waals surface area contributed by atoms with Gasteiger partial charge < -0.3 is 0 Å². The smallest absolute Gasteiger partial charge is 0.289 e. The normalized spacial score (nSPS) is 11.5. The third kappa shape index (κ3) is 3.42. The van der Waals surface area contributed by atoms with Gasteiger partial charge in [0.2, 0.25) is 0 Å². The van der Waals surface area contributed by atoms with E-state index in [1.165, 1.54) is 6.07 Å². The molecule has 2 rings (SSSR count). The maximum atomic E-state index is 13.3. The van der Waals surface area contributed by atoms with E-state index in [1.54, 1.807) is 19.1 Å². The number of carbonyl (C=O) groups is 1. The minimum Gasteiger partial charge on any atom is -0.289 e. The summed E-state index contributed by atoms with van der Waals surface area (Å²) in [6, 6.07) is 6.22. The molecule has 0 amide bonds. The number of halogens is 5. The van der Waals surface area contributed by atoms with Crippen LogP contribution in [0.1, 0.15) is 27.0 Å². The molecule has 6 heteroatoms. The molecular weight excluding hydrogens is 308 g/mol. The van der Waals surface area contributed by atoms with Crippen LogP contribution in [0.5, 0.6) is 0 Å². The lowest BCUT2D eigenvalue weighted by Crippen LogP contribution is -2.10. The van der Waals surface area contributed by atoms with E-state index < -0.39 is 23.3 Å². The second kappa shape index (κ2) is 5.48. The van der Waals surface area contributed by atoms with Gasteiger partial charge in [0, 0.05) is 16.1 Å². The van der Waals surface area contributed by atoms with Crippen LogP contribution in [0.2, 0.25) is 5.02 Å². The number of hydrogen-bond acceptors (Lipinski definition) is 1. The highest BCUT2D eigenvalue weighted by molar-refractivity contribution is 6.31. The fourth-order valence-electron chi connectivity index (χ4n) is 1.88. The number of hydrogen-bond donors (Lipinski definition) is 0. The van der Waals surface area contributed by atoms with Crippen molar-refractivity contribution in [3.8, 4) is 0 Å². The molecule has 0 aromatic heterocycles. The molecule has 2 aromatic rings. The first-order valence-corrected chi connectivity index (χ1v) is 6.25.